The average molecular weight is 364 g/mol. The van der Waals surface area contributed by atoms with Crippen LogP contribution < -0.4 is 10.6 Å². The van der Waals surface area contributed by atoms with E-state index in [2.05, 4.69) is 10.6 Å². The van der Waals surface area contributed by atoms with E-state index in [4.69, 9.17) is 0 Å². The minimum atomic E-state index is -1.35. The lowest BCUT2D eigenvalue weighted by molar-refractivity contribution is -0.127. The van der Waals surface area contributed by atoms with Crippen molar-refractivity contribution in [2.45, 2.75) is 26.3 Å². The van der Waals surface area contributed by atoms with Crippen molar-refractivity contribution in [3.63, 3.8) is 0 Å². The van der Waals surface area contributed by atoms with E-state index in [1.54, 1.807) is 38.1 Å². The molecule has 2 N–H and O–H groups in total. The predicted molar refractivity (Wildman–Crippen MR) is 91.9 cm³/mol. The van der Waals surface area contributed by atoms with Crippen molar-refractivity contribution < 1.29 is 22.8 Å². The lowest BCUT2D eigenvalue weighted by Gasteiger charge is -2.22. The van der Waals surface area contributed by atoms with Crippen LogP contribution in [0.2, 0.25) is 0 Å². The van der Waals surface area contributed by atoms with Crippen LogP contribution in [-0.4, -0.2) is 17.9 Å². The Labute approximate surface area is 149 Å². The van der Waals surface area contributed by atoms with Crippen LogP contribution in [-0.2, 0) is 16.0 Å². The van der Waals surface area contributed by atoms with Crippen LogP contribution in [0.25, 0.3) is 0 Å². The maximum absolute atomic E-state index is 13.7. The third kappa shape index (κ3) is 5.08. The second-order valence-corrected chi connectivity index (χ2v) is 6.19. The zero-order chi connectivity index (χ0) is 19.3. The van der Waals surface area contributed by atoms with Crippen LogP contribution in [0.1, 0.15) is 19.4 Å². The third-order valence-corrected chi connectivity index (χ3v) is 3.74. The quantitative estimate of drug-likeness (QED) is 0.772. The van der Waals surface area contributed by atoms with Gasteiger partial charge in [0.1, 0.15) is 11.9 Å². The number of nitrogens with one attached hydrogen (secondary N) is 2. The van der Waals surface area contributed by atoms with E-state index in [0.29, 0.717) is 12.1 Å². The number of amides is 2. The summed E-state index contributed by atoms with van der Waals surface area (Å²) in [6.45, 7) is 3.41. The van der Waals surface area contributed by atoms with Gasteiger partial charge in [-0.3, -0.25) is 9.59 Å². The molecule has 0 aliphatic heterocycles. The second kappa shape index (κ2) is 8.51. The van der Waals surface area contributed by atoms with E-state index in [0.717, 1.165) is 5.56 Å². The molecule has 1 atom stereocenters. The number of rotatable bonds is 6. The molecule has 1 unspecified atom stereocenters. The van der Waals surface area contributed by atoms with Crippen LogP contribution in [0, 0.1) is 23.4 Å². The van der Waals surface area contributed by atoms with Crippen molar-refractivity contribution in [2.24, 2.45) is 5.92 Å². The number of hydrogen-bond acceptors (Lipinski definition) is 2. The fraction of sp³-hybridized carbons (Fsp3) is 0.263. The van der Waals surface area contributed by atoms with Crippen molar-refractivity contribution in [2.75, 3.05) is 5.32 Å². The van der Waals surface area contributed by atoms with Gasteiger partial charge in [0.05, 0.1) is 12.1 Å². The van der Waals surface area contributed by atoms with Crippen LogP contribution in [0.15, 0.2) is 42.5 Å². The first-order valence-electron chi connectivity index (χ1n) is 8.06. The molecule has 0 radical (unpaired) electrons. The highest BCUT2D eigenvalue weighted by atomic mass is 19.2. The Hall–Kier alpha value is -2.83. The van der Waals surface area contributed by atoms with Crippen molar-refractivity contribution in [3.8, 4) is 0 Å². The third-order valence-electron chi connectivity index (χ3n) is 3.74. The van der Waals surface area contributed by atoms with E-state index < -0.39 is 35.1 Å². The molecule has 2 amide bonds. The molecule has 26 heavy (non-hydrogen) atoms. The Morgan fingerprint density at radius 1 is 0.962 bits per heavy atom. The van der Waals surface area contributed by atoms with Crippen LogP contribution in [0.4, 0.5) is 18.9 Å². The Kier molecular flexibility index (Phi) is 6.38. The number of carbonyl (C=O) groups excluding carboxylic acids is 2. The standard InChI is InChI=1S/C19H19F3N2O2/c1-11(2)18(24-17(25)8-12-6-4-3-5-7-12)19(26)23-16-10-14(21)13(20)9-15(16)22/h3-7,9-11,18H,8H2,1-2H3,(H,23,26)(H,24,25). The molecular formula is C19H19F3N2O2. The van der Waals surface area contributed by atoms with E-state index >= 15 is 0 Å². The first-order chi connectivity index (χ1) is 12.3. The fourth-order valence-electron chi connectivity index (χ4n) is 2.37. The number of carbonyl (C=O) groups is 2. The summed E-state index contributed by atoms with van der Waals surface area (Å²) in [5, 5.41) is 4.78. The van der Waals surface area contributed by atoms with Crippen molar-refractivity contribution in [3.05, 3.63) is 65.5 Å². The summed E-state index contributed by atoms with van der Waals surface area (Å²) >= 11 is 0. The van der Waals surface area contributed by atoms with E-state index in [1.807, 2.05) is 6.07 Å². The average Bonchev–Trinajstić information content (AvgIpc) is 2.58. The van der Waals surface area contributed by atoms with Crippen molar-refractivity contribution in [1.29, 1.82) is 0 Å². The van der Waals surface area contributed by atoms with E-state index in [-0.39, 0.29) is 18.2 Å². The number of hydrogen-bond donors (Lipinski definition) is 2. The van der Waals surface area contributed by atoms with Gasteiger partial charge in [0.25, 0.3) is 0 Å². The number of halogens is 3. The molecule has 0 fully saturated rings. The van der Waals surface area contributed by atoms with Gasteiger partial charge in [-0.1, -0.05) is 44.2 Å². The SMILES string of the molecule is CC(C)C(NC(=O)Cc1ccccc1)C(=O)Nc1cc(F)c(F)cc1F. The zero-order valence-corrected chi connectivity index (χ0v) is 14.4. The smallest absolute Gasteiger partial charge is 0.247 e. The van der Waals surface area contributed by atoms with Gasteiger partial charge < -0.3 is 10.6 Å². The minimum Gasteiger partial charge on any atom is -0.344 e. The molecule has 2 rings (SSSR count). The molecule has 2 aromatic carbocycles. The Balaban J connectivity index is 2.08. The molecule has 7 heteroatoms. The molecule has 0 heterocycles. The Morgan fingerprint density at radius 3 is 2.19 bits per heavy atom. The minimum absolute atomic E-state index is 0.0802. The van der Waals surface area contributed by atoms with Gasteiger partial charge in [-0.05, 0) is 11.5 Å². The Morgan fingerprint density at radius 2 is 1.58 bits per heavy atom. The maximum Gasteiger partial charge on any atom is 0.247 e. The summed E-state index contributed by atoms with van der Waals surface area (Å²) in [5.74, 6) is -5.13. The highest BCUT2D eigenvalue weighted by Crippen LogP contribution is 2.19. The fourth-order valence-corrected chi connectivity index (χ4v) is 2.37. The zero-order valence-electron chi connectivity index (χ0n) is 14.4. The summed E-state index contributed by atoms with van der Waals surface area (Å²) in [4.78, 5) is 24.6. The molecule has 138 valence electrons. The lowest BCUT2D eigenvalue weighted by atomic mass is 10.0. The van der Waals surface area contributed by atoms with Gasteiger partial charge >= 0.3 is 0 Å². The normalized spacial score (nSPS) is 11.9. The predicted octanol–water partition coefficient (Wildman–Crippen LogP) is 3.43. The van der Waals surface area contributed by atoms with E-state index in [9.17, 15) is 22.8 Å². The molecule has 0 saturated carbocycles. The monoisotopic (exact) mass is 364 g/mol. The summed E-state index contributed by atoms with van der Waals surface area (Å²) in [7, 11) is 0. The topological polar surface area (TPSA) is 58.2 Å². The number of benzene rings is 2. The molecule has 0 bridgehead atoms. The van der Waals surface area contributed by atoms with Gasteiger partial charge in [0, 0.05) is 12.1 Å². The second-order valence-electron chi connectivity index (χ2n) is 6.19. The lowest BCUT2D eigenvalue weighted by Crippen LogP contribution is -2.47. The van der Waals surface area contributed by atoms with Gasteiger partial charge in [-0.15, -0.1) is 0 Å². The molecule has 0 saturated heterocycles. The molecular weight excluding hydrogens is 345 g/mol. The molecule has 0 aliphatic carbocycles. The molecule has 0 spiro atoms. The molecule has 2 aromatic rings. The van der Waals surface area contributed by atoms with Crippen LogP contribution >= 0.6 is 0 Å². The highest BCUT2D eigenvalue weighted by molar-refractivity contribution is 5.97. The first-order valence-corrected chi connectivity index (χ1v) is 8.06. The molecule has 0 aliphatic rings. The maximum atomic E-state index is 13.7. The summed E-state index contributed by atoms with van der Waals surface area (Å²) < 4.78 is 39.9. The summed E-state index contributed by atoms with van der Waals surface area (Å²) in [6.07, 6.45) is 0.0802. The molecule has 0 aromatic heterocycles. The van der Waals surface area contributed by atoms with E-state index in [1.165, 1.54) is 0 Å². The van der Waals surface area contributed by atoms with Crippen LogP contribution in [0.3, 0.4) is 0 Å². The van der Waals surface area contributed by atoms with Crippen molar-refractivity contribution in [1.82, 2.24) is 5.32 Å². The first kappa shape index (κ1) is 19.5. The van der Waals surface area contributed by atoms with Gasteiger partial charge in [-0.2, -0.15) is 0 Å². The molecule has 4 nitrogen and oxygen atoms in total. The summed E-state index contributed by atoms with van der Waals surface area (Å²) in [5.41, 5.74) is 0.288. The Bertz CT molecular complexity index is 795. The van der Waals surface area contributed by atoms with Gasteiger partial charge in [-0.25, -0.2) is 13.2 Å². The largest absolute Gasteiger partial charge is 0.344 e. The highest BCUT2D eigenvalue weighted by Gasteiger charge is 2.25. The summed E-state index contributed by atoms with van der Waals surface area (Å²) in [6, 6.07) is 8.92. The number of anilines is 1. The van der Waals surface area contributed by atoms with Crippen molar-refractivity contribution >= 4 is 17.5 Å². The van der Waals surface area contributed by atoms with Crippen LogP contribution in [0.5, 0.6) is 0 Å². The van der Waals surface area contributed by atoms with Gasteiger partial charge in [0.2, 0.25) is 11.8 Å². The van der Waals surface area contributed by atoms with Gasteiger partial charge in [0.15, 0.2) is 11.6 Å².